The molecule has 1 saturated heterocycles. The summed E-state index contributed by atoms with van der Waals surface area (Å²) in [7, 11) is 0. The highest BCUT2D eigenvalue weighted by atomic mass is 35.5. The zero-order valence-corrected chi connectivity index (χ0v) is 7.64. The molecule has 0 aliphatic carbocycles. The Hall–Kier alpha value is -0.800. The second-order valence-electron chi connectivity index (χ2n) is 2.98. The predicted octanol–water partition coefficient (Wildman–Crippen LogP) is 2.29. The van der Waals surface area contributed by atoms with E-state index in [1.807, 2.05) is 0 Å². The first-order chi connectivity index (χ1) is 6.27. The molecule has 4 heteroatoms. The minimum atomic E-state index is -0.393. The molecule has 1 aliphatic heterocycles. The quantitative estimate of drug-likeness (QED) is 0.793. The molecule has 0 bridgehead atoms. The topological polar surface area (TPSA) is 21.3 Å². The molecule has 1 aromatic carbocycles. The van der Waals surface area contributed by atoms with Gasteiger partial charge in [0.25, 0.3) is 0 Å². The van der Waals surface area contributed by atoms with E-state index in [-0.39, 0.29) is 11.1 Å². The summed E-state index contributed by atoms with van der Waals surface area (Å²) >= 11 is 5.61. The van der Waals surface area contributed by atoms with Gasteiger partial charge in [0.2, 0.25) is 0 Å². The number of halogens is 2. The highest BCUT2D eigenvalue weighted by molar-refractivity contribution is 6.31. The van der Waals surface area contributed by atoms with Crippen LogP contribution in [0.3, 0.4) is 0 Å². The molecule has 13 heavy (non-hydrogen) atoms. The van der Waals surface area contributed by atoms with Gasteiger partial charge in [-0.25, -0.2) is 4.39 Å². The Morgan fingerprint density at radius 2 is 2.23 bits per heavy atom. The Bertz CT molecular complexity index is 314. The smallest absolute Gasteiger partial charge is 0.164 e. The number of hydrogen-bond acceptors (Lipinski definition) is 2. The normalized spacial score (nSPS) is 16.8. The average molecular weight is 202 g/mol. The van der Waals surface area contributed by atoms with Crippen molar-refractivity contribution in [3.05, 3.63) is 29.0 Å². The molecule has 0 amide bonds. The van der Waals surface area contributed by atoms with Gasteiger partial charge in [0.15, 0.2) is 5.82 Å². The summed E-state index contributed by atoms with van der Waals surface area (Å²) in [5.74, 6) is -0.393. The molecule has 0 saturated carbocycles. The third-order valence-corrected chi connectivity index (χ3v) is 2.24. The van der Waals surface area contributed by atoms with Crippen molar-refractivity contribution in [2.24, 2.45) is 0 Å². The van der Waals surface area contributed by atoms with Gasteiger partial charge in [-0.2, -0.15) is 0 Å². The summed E-state index contributed by atoms with van der Waals surface area (Å²) < 4.78 is 18.2. The summed E-state index contributed by atoms with van der Waals surface area (Å²) in [6.07, 6.45) is 0. The molecule has 0 aromatic heterocycles. The van der Waals surface area contributed by atoms with Crippen LogP contribution >= 0.6 is 11.6 Å². The van der Waals surface area contributed by atoms with E-state index < -0.39 is 5.82 Å². The molecule has 0 unspecified atom stereocenters. The van der Waals surface area contributed by atoms with E-state index in [9.17, 15) is 4.39 Å². The summed E-state index contributed by atoms with van der Waals surface area (Å²) in [6, 6.07) is 5.12. The molecule has 1 N–H and O–H groups in total. The average Bonchev–Trinajstić information content (AvgIpc) is 2.04. The number of benzene rings is 1. The van der Waals surface area contributed by atoms with E-state index in [1.54, 1.807) is 12.1 Å². The van der Waals surface area contributed by atoms with Crippen LogP contribution in [0, 0.1) is 5.82 Å². The Balaban J connectivity index is 2.14. The van der Waals surface area contributed by atoms with Crippen LogP contribution in [0.25, 0.3) is 0 Å². The highest BCUT2D eigenvalue weighted by Gasteiger charge is 2.19. The Labute approximate surface area is 80.7 Å². The molecular weight excluding hydrogens is 193 g/mol. The lowest BCUT2D eigenvalue weighted by molar-refractivity contribution is 0.0210. The van der Waals surface area contributed by atoms with E-state index in [1.165, 1.54) is 6.07 Å². The maximum atomic E-state index is 13.3. The zero-order chi connectivity index (χ0) is 9.26. The molecule has 1 heterocycles. The van der Waals surface area contributed by atoms with Gasteiger partial charge >= 0.3 is 0 Å². The fraction of sp³-hybridized carbons (Fsp3) is 0.333. The van der Waals surface area contributed by atoms with Gasteiger partial charge in [0.05, 0.1) is 30.0 Å². The van der Waals surface area contributed by atoms with E-state index >= 15 is 0 Å². The second kappa shape index (κ2) is 3.52. The maximum absolute atomic E-state index is 13.3. The van der Waals surface area contributed by atoms with Crippen molar-refractivity contribution in [3.8, 4) is 0 Å². The van der Waals surface area contributed by atoms with Crippen molar-refractivity contribution >= 4 is 17.3 Å². The van der Waals surface area contributed by atoms with Crippen molar-refractivity contribution < 1.29 is 9.13 Å². The molecule has 70 valence electrons. The fourth-order valence-electron chi connectivity index (χ4n) is 1.15. The summed E-state index contributed by atoms with van der Waals surface area (Å²) in [6.45, 7) is 1.26. The first-order valence-corrected chi connectivity index (χ1v) is 4.43. The van der Waals surface area contributed by atoms with E-state index in [0.717, 1.165) is 0 Å². The standard InChI is InChI=1S/C9H9ClFNO/c10-7-2-1-3-8(9(7)11)12-6-4-13-5-6/h1-3,6,12H,4-5H2. The number of ether oxygens (including phenoxy) is 1. The van der Waals surface area contributed by atoms with Gasteiger partial charge in [0, 0.05) is 0 Å². The Kier molecular flexibility index (Phi) is 2.38. The lowest BCUT2D eigenvalue weighted by Gasteiger charge is -2.28. The van der Waals surface area contributed by atoms with Crippen LogP contribution in [0.1, 0.15) is 0 Å². The number of nitrogens with one attached hydrogen (secondary N) is 1. The van der Waals surface area contributed by atoms with Crippen LogP contribution in [-0.2, 0) is 4.74 Å². The van der Waals surface area contributed by atoms with Crippen LogP contribution in [0.2, 0.25) is 5.02 Å². The fourth-order valence-corrected chi connectivity index (χ4v) is 1.33. The third-order valence-electron chi connectivity index (χ3n) is 1.95. The van der Waals surface area contributed by atoms with Gasteiger partial charge < -0.3 is 10.1 Å². The van der Waals surface area contributed by atoms with Gasteiger partial charge in [0.1, 0.15) is 0 Å². The minimum Gasteiger partial charge on any atom is -0.377 e. The Morgan fingerprint density at radius 3 is 2.85 bits per heavy atom. The van der Waals surface area contributed by atoms with Crippen LogP contribution in [-0.4, -0.2) is 19.3 Å². The zero-order valence-electron chi connectivity index (χ0n) is 6.89. The molecule has 0 radical (unpaired) electrons. The van der Waals surface area contributed by atoms with Gasteiger partial charge in [-0.05, 0) is 12.1 Å². The van der Waals surface area contributed by atoms with Gasteiger partial charge in [-0.15, -0.1) is 0 Å². The molecular formula is C9H9ClFNO. The molecule has 0 spiro atoms. The molecule has 0 atom stereocenters. The lowest BCUT2D eigenvalue weighted by Crippen LogP contribution is -2.40. The van der Waals surface area contributed by atoms with Gasteiger partial charge in [-0.3, -0.25) is 0 Å². The van der Waals surface area contributed by atoms with Crippen LogP contribution in [0.15, 0.2) is 18.2 Å². The van der Waals surface area contributed by atoms with Crippen molar-refractivity contribution in [1.82, 2.24) is 0 Å². The van der Waals surface area contributed by atoms with Crippen molar-refractivity contribution in [2.75, 3.05) is 18.5 Å². The highest BCUT2D eigenvalue weighted by Crippen LogP contribution is 2.23. The predicted molar refractivity (Wildman–Crippen MR) is 49.6 cm³/mol. The van der Waals surface area contributed by atoms with Crippen molar-refractivity contribution in [3.63, 3.8) is 0 Å². The van der Waals surface area contributed by atoms with Crippen LogP contribution in [0.4, 0.5) is 10.1 Å². The minimum absolute atomic E-state index is 0.144. The summed E-state index contributed by atoms with van der Waals surface area (Å²) in [5, 5.41) is 3.15. The lowest BCUT2D eigenvalue weighted by atomic mass is 10.2. The first-order valence-electron chi connectivity index (χ1n) is 4.05. The van der Waals surface area contributed by atoms with Gasteiger partial charge in [-0.1, -0.05) is 17.7 Å². The van der Waals surface area contributed by atoms with Crippen molar-refractivity contribution in [2.45, 2.75) is 6.04 Å². The monoisotopic (exact) mass is 201 g/mol. The molecule has 1 fully saturated rings. The second-order valence-corrected chi connectivity index (χ2v) is 3.39. The van der Waals surface area contributed by atoms with Crippen LogP contribution in [0.5, 0.6) is 0 Å². The third kappa shape index (κ3) is 1.76. The molecule has 1 aromatic rings. The first kappa shape index (κ1) is 8.78. The molecule has 2 nitrogen and oxygen atoms in total. The number of rotatable bonds is 2. The number of anilines is 1. The van der Waals surface area contributed by atoms with Crippen molar-refractivity contribution in [1.29, 1.82) is 0 Å². The SMILES string of the molecule is Fc1c(Cl)cccc1NC1COC1. The summed E-state index contributed by atoms with van der Waals surface area (Å²) in [4.78, 5) is 0. The Morgan fingerprint density at radius 1 is 1.46 bits per heavy atom. The van der Waals surface area contributed by atoms with E-state index in [2.05, 4.69) is 5.32 Å². The number of hydrogen-bond donors (Lipinski definition) is 1. The largest absolute Gasteiger partial charge is 0.377 e. The van der Waals surface area contributed by atoms with E-state index in [4.69, 9.17) is 16.3 Å². The molecule has 1 aliphatic rings. The van der Waals surface area contributed by atoms with Crippen LogP contribution < -0.4 is 5.32 Å². The summed E-state index contributed by atoms with van der Waals surface area (Å²) in [5.41, 5.74) is 0.445. The van der Waals surface area contributed by atoms with E-state index in [0.29, 0.717) is 18.9 Å². The molecule has 2 rings (SSSR count). The maximum Gasteiger partial charge on any atom is 0.164 e.